The Labute approximate surface area is 104 Å². The van der Waals surface area contributed by atoms with Crippen LogP contribution in [-0.4, -0.2) is 6.54 Å². The SMILES string of the molecule is CC(C)/C(=C/c1ccc(Cl)cc1Br)CN. The maximum atomic E-state index is 5.87. The molecule has 15 heavy (non-hydrogen) atoms. The van der Waals surface area contributed by atoms with Crippen LogP contribution < -0.4 is 5.73 Å². The Morgan fingerprint density at radius 3 is 2.67 bits per heavy atom. The van der Waals surface area contributed by atoms with Crippen molar-refractivity contribution < 1.29 is 0 Å². The third-order valence-corrected chi connectivity index (χ3v) is 3.20. The fourth-order valence-electron chi connectivity index (χ4n) is 1.28. The van der Waals surface area contributed by atoms with E-state index >= 15 is 0 Å². The average Bonchev–Trinajstić information content (AvgIpc) is 2.16. The van der Waals surface area contributed by atoms with Gasteiger partial charge in [-0.25, -0.2) is 0 Å². The Bertz CT molecular complexity index is 372. The molecule has 0 heterocycles. The van der Waals surface area contributed by atoms with Crippen LogP contribution in [0.5, 0.6) is 0 Å². The highest BCUT2D eigenvalue weighted by Gasteiger charge is 2.03. The van der Waals surface area contributed by atoms with Gasteiger partial charge in [0.05, 0.1) is 0 Å². The Balaban J connectivity index is 3.06. The van der Waals surface area contributed by atoms with Gasteiger partial charge in [-0.2, -0.15) is 0 Å². The van der Waals surface area contributed by atoms with Crippen LogP contribution in [0.3, 0.4) is 0 Å². The Kier molecular flexibility index (Phi) is 4.84. The maximum absolute atomic E-state index is 5.87. The molecule has 0 spiro atoms. The molecule has 0 saturated carbocycles. The van der Waals surface area contributed by atoms with Crippen molar-refractivity contribution in [2.24, 2.45) is 11.7 Å². The molecular weight excluding hydrogens is 273 g/mol. The van der Waals surface area contributed by atoms with E-state index in [1.165, 1.54) is 5.57 Å². The molecule has 3 heteroatoms. The topological polar surface area (TPSA) is 26.0 Å². The summed E-state index contributed by atoms with van der Waals surface area (Å²) in [5, 5.41) is 0.734. The first-order valence-corrected chi connectivity index (χ1v) is 6.07. The second kappa shape index (κ2) is 5.69. The van der Waals surface area contributed by atoms with Gasteiger partial charge in [0.25, 0.3) is 0 Å². The van der Waals surface area contributed by atoms with Crippen molar-refractivity contribution in [1.29, 1.82) is 0 Å². The lowest BCUT2D eigenvalue weighted by Crippen LogP contribution is -2.08. The second-order valence-electron chi connectivity index (χ2n) is 3.74. The van der Waals surface area contributed by atoms with E-state index in [-0.39, 0.29) is 0 Å². The van der Waals surface area contributed by atoms with E-state index in [0.29, 0.717) is 12.5 Å². The number of halogens is 2. The lowest BCUT2D eigenvalue weighted by atomic mass is 10.0. The molecule has 0 unspecified atom stereocenters. The molecule has 0 atom stereocenters. The van der Waals surface area contributed by atoms with E-state index in [4.69, 9.17) is 17.3 Å². The average molecular weight is 289 g/mol. The van der Waals surface area contributed by atoms with Crippen LogP contribution in [0.1, 0.15) is 19.4 Å². The Hall–Kier alpha value is -0.310. The first-order chi connectivity index (χ1) is 7.04. The van der Waals surface area contributed by atoms with Gasteiger partial charge in [-0.05, 0) is 23.6 Å². The first-order valence-electron chi connectivity index (χ1n) is 4.90. The molecule has 2 N–H and O–H groups in total. The molecule has 0 bridgehead atoms. The van der Waals surface area contributed by atoms with Gasteiger partial charge in [0.15, 0.2) is 0 Å². The second-order valence-corrected chi connectivity index (χ2v) is 5.03. The van der Waals surface area contributed by atoms with Crippen molar-refractivity contribution >= 4 is 33.6 Å². The highest BCUT2D eigenvalue weighted by atomic mass is 79.9. The van der Waals surface area contributed by atoms with Crippen molar-refractivity contribution in [2.45, 2.75) is 13.8 Å². The zero-order valence-corrected chi connectivity index (χ0v) is 11.3. The molecule has 82 valence electrons. The van der Waals surface area contributed by atoms with Gasteiger partial charge in [-0.3, -0.25) is 0 Å². The molecule has 0 aliphatic heterocycles. The summed E-state index contributed by atoms with van der Waals surface area (Å²) >= 11 is 9.36. The number of hydrogen-bond acceptors (Lipinski definition) is 1. The lowest BCUT2D eigenvalue weighted by molar-refractivity contribution is 0.752. The van der Waals surface area contributed by atoms with Crippen molar-refractivity contribution in [3.05, 3.63) is 38.8 Å². The zero-order valence-electron chi connectivity index (χ0n) is 8.93. The van der Waals surface area contributed by atoms with Crippen LogP contribution >= 0.6 is 27.5 Å². The van der Waals surface area contributed by atoms with E-state index in [9.17, 15) is 0 Å². The monoisotopic (exact) mass is 287 g/mol. The molecule has 0 aliphatic rings. The number of hydrogen-bond donors (Lipinski definition) is 1. The summed E-state index contributed by atoms with van der Waals surface area (Å²) in [6, 6.07) is 5.76. The fourth-order valence-corrected chi connectivity index (χ4v) is 2.08. The summed E-state index contributed by atoms with van der Waals surface area (Å²) in [5.74, 6) is 0.470. The molecule has 0 saturated heterocycles. The fraction of sp³-hybridized carbons (Fsp3) is 0.333. The molecule has 0 radical (unpaired) electrons. The minimum absolute atomic E-state index is 0.470. The minimum Gasteiger partial charge on any atom is -0.327 e. The predicted molar refractivity (Wildman–Crippen MR) is 71.0 cm³/mol. The summed E-state index contributed by atoms with van der Waals surface area (Å²) < 4.78 is 1.00. The van der Waals surface area contributed by atoms with Crippen molar-refractivity contribution in [3.8, 4) is 0 Å². The normalized spacial score (nSPS) is 12.3. The van der Waals surface area contributed by atoms with Gasteiger partial charge < -0.3 is 5.73 Å². The largest absolute Gasteiger partial charge is 0.327 e. The first kappa shape index (κ1) is 12.8. The molecule has 0 aromatic heterocycles. The quantitative estimate of drug-likeness (QED) is 0.890. The van der Waals surface area contributed by atoms with Gasteiger partial charge in [0.2, 0.25) is 0 Å². The molecule has 1 aromatic carbocycles. The number of benzene rings is 1. The van der Waals surface area contributed by atoms with Crippen molar-refractivity contribution in [2.75, 3.05) is 6.54 Å². The number of nitrogens with two attached hydrogens (primary N) is 1. The van der Waals surface area contributed by atoms with E-state index in [1.807, 2.05) is 18.2 Å². The molecule has 0 fully saturated rings. The summed E-state index contributed by atoms with van der Waals surface area (Å²) in [4.78, 5) is 0. The molecular formula is C12H15BrClN. The molecule has 1 nitrogen and oxygen atoms in total. The van der Waals surface area contributed by atoms with Crippen molar-refractivity contribution in [1.82, 2.24) is 0 Å². The highest BCUT2D eigenvalue weighted by Crippen LogP contribution is 2.24. The van der Waals surface area contributed by atoms with Crippen LogP contribution in [-0.2, 0) is 0 Å². The van der Waals surface area contributed by atoms with Gasteiger partial charge >= 0.3 is 0 Å². The maximum Gasteiger partial charge on any atom is 0.0417 e. The smallest absolute Gasteiger partial charge is 0.0417 e. The van der Waals surface area contributed by atoms with Gasteiger partial charge in [0, 0.05) is 16.0 Å². The van der Waals surface area contributed by atoms with E-state index in [1.54, 1.807) is 0 Å². The van der Waals surface area contributed by atoms with Crippen LogP contribution in [0.2, 0.25) is 5.02 Å². The number of rotatable bonds is 3. The standard InChI is InChI=1S/C12H15BrClN/c1-8(2)10(7-15)5-9-3-4-11(14)6-12(9)13/h3-6,8H,7,15H2,1-2H3/b10-5+. The summed E-state index contributed by atoms with van der Waals surface area (Å²) in [6.45, 7) is 4.87. The van der Waals surface area contributed by atoms with Crippen LogP contribution in [0, 0.1) is 5.92 Å². The molecule has 0 amide bonds. The zero-order chi connectivity index (χ0) is 11.4. The molecule has 1 rings (SSSR count). The summed E-state index contributed by atoms with van der Waals surface area (Å²) in [7, 11) is 0. The van der Waals surface area contributed by atoms with Crippen molar-refractivity contribution in [3.63, 3.8) is 0 Å². The predicted octanol–water partition coefficient (Wildman–Crippen LogP) is 4.10. The molecule has 0 aliphatic carbocycles. The van der Waals surface area contributed by atoms with Crippen LogP contribution in [0.15, 0.2) is 28.2 Å². The lowest BCUT2D eigenvalue weighted by Gasteiger charge is -2.09. The van der Waals surface area contributed by atoms with E-state index in [2.05, 4.69) is 35.9 Å². The minimum atomic E-state index is 0.470. The Morgan fingerprint density at radius 2 is 2.20 bits per heavy atom. The van der Waals surface area contributed by atoms with Gasteiger partial charge in [0.1, 0.15) is 0 Å². The van der Waals surface area contributed by atoms with Gasteiger partial charge in [-0.15, -0.1) is 0 Å². The summed E-state index contributed by atoms with van der Waals surface area (Å²) in [5.41, 5.74) is 8.05. The third-order valence-electron chi connectivity index (χ3n) is 2.28. The van der Waals surface area contributed by atoms with Gasteiger partial charge in [-0.1, -0.05) is 59.1 Å². The van der Waals surface area contributed by atoms with E-state index < -0.39 is 0 Å². The van der Waals surface area contributed by atoms with Crippen LogP contribution in [0.25, 0.3) is 6.08 Å². The van der Waals surface area contributed by atoms with Crippen LogP contribution in [0.4, 0.5) is 0 Å². The summed E-state index contributed by atoms with van der Waals surface area (Å²) in [6.07, 6.45) is 2.12. The Morgan fingerprint density at radius 1 is 1.53 bits per heavy atom. The third kappa shape index (κ3) is 3.63. The highest BCUT2D eigenvalue weighted by molar-refractivity contribution is 9.10. The molecule has 1 aromatic rings. The van der Waals surface area contributed by atoms with E-state index in [0.717, 1.165) is 15.1 Å².